The van der Waals surface area contributed by atoms with Crippen LogP contribution in [0.15, 0.2) is 22.7 Å². The quantitative estimate of drug-likeness (QED) is 0.620. The van der Waals surface area contributed by atoms with Gasteiger partial charge in [-0.2, -0.15) is 5.10 Å². The Morgan fingerprint density at radius 1 is 1.35 bits per heavy atom. The minimum Gasteiger partial charge on any atom is -0.258 e. The van der Waals surface area contributed by atoms with E-state index in [1.165, 1.54) is 0 Å². The average Bonchev–Trinajstić information content (AvgIpc) is 2.83. The van der Waals surface area contributed by atoms with E-state index in [1.54, 1.807) is 12.1 Å². The third kappa shape index (κ3) is 3.04. The molecular weight excluding hydrogens is 324 g/mol. The summed E-state index contributed by atoms with van der Waals surface area (Å²) in [5.41, 5.74) is 0.901. The molecule has 1 heterocycles. The Morgan fingerprint density at radius 2 is 2.10 bits per heavy atom. The number of aryl methyl sites for hydroxylation is 2. The molecule has 0 aliphatic heterocycles. The summed E-state index contributed by atoms with van der Waals surface area (Å²) in [5, 5.41) is 15.4. The molecule has 106 valence electrons. The van der Waals surface area contributed by atoms with Crippen molar-refractivity contribution in [3.05, 3.63) is 50.0 Å². The Kier molecular flexibility index (Phi) is 4.49. The first-order valence-corrected chi connectivity index (χ1v) is 7.19. The van der Waals surface area contributed by atoms with Gasteiger partial charge in [-0.05, 0) is 27.6 Å². The SMILES string of the molecule is CCc1nc(CC)n(Cc2ccc(Br)c([N+](=O)[O-])c2)n1. The average molecular weight is 339 g/mol. The Labute approximate surface area is 125 Å². The van der Waals surface area contributed by atoms with Gasteiger partial charge in [0.15, 0.2) is 5.82 Å². The van der Waals surface area contributed by atoms with Gasteiger partial charge in [0.1, 0.15) is 5.82 Å². The monoisotopic (exact) mass is 338 g/mol. The number of nitro groups is 1. The molecule has 0 atom stereocenters. The van der Waals surface area contributed by atoms with Crippen molar-refractivity contribution in [1.82, 2.24) is 14.8 Å². The first-order chi connectivity index (χ1) is 9.55. The van der Waals surface area contributed by atoms with Gasteiger partial charge in [0.25, 0.3) is 5.69 Å². The van der Waals surface area contributed by atoms with E-state index in [4.69, 9.17) is 0 Å². The van der Waals surface area contributed by atoms with Gasteiger partial charge in [0.2, 0.25) is 0 Å². The zero-order chi connectivity index (χ0) is 14.7. The van der Waals surface area contributed by atoms with Crippen LogP contribution in [0.5, 0.6) is 0 Å². The number of hydrogen-bond donors (Lipinski definition) is 0. The lowest BCUT2D eigenvalue weighted by molar-refractivity contribution is -0.385. The lowest BCUT2D eigenvalue weighted by atomic mass is 10.2. The van der Waals surface area contributed by atoms with Crippen molar-refractivity contribution < 1.29 is 4.92 Å². The molecule has 0 spiro atoms. The maximum absolute atomic E-state index is 10.9. The first kappa shape index (κ1) is 14.6. The van der Waals surface area contributed by atoms with Gasteiger partial charge in [0, 0.05) is 18.9 Å². The normalized spacial score (nSPS) is 10.8. The van der Waals surface area contributed by atoms with Crippen LogP contribution in [-0.4, -0.2) is 19.7 Å². The summed E-state index contributed by atoms with van der Waals surface area (Å²) >= 11 is 3.18. The summed E-state index contributed by atoms with van der Waals surface area (Å²) in [6.45, 7) is 4.51. The van der Waals surface area contributed by atoms with E-state index in [-0.39, 0.29) is 5.69 Å². The molecule has 0 radical (unpaired) electrons. The highest BCUT2D eigenvalue weighted by Crippen LogP contribution is 2.26. The molecule has 2 aromatic rings. The molecule has 1 aromatic heterocycles. The highest BCUT2D eigenvalue weighted by molar-refractivity contribution is 9.10. The number of nitro benzene ring substituents is 1. The van der Waals surface area contributed by atoms with E-state index in [9.17, 15) is 10.1 Å². The maximum atomic E-state index is 10.9. The van der Waals surface area contributed by atoms with E-state index in [2.05, 4.69) is 26.0 Å². The van der Waals surface area contributed by atoms with Gasteiger partial charge in [-0.1, -0.05) is 19.9 Å². The van der Waals surface area contributed by atoms with E-state index in [0.717, 1.165) is 30.1 Å². The summed E-state index contributed by atoms with van der Waals surface area (Å²) in [7, 11) is 0. The second-order valence-corrected chi connectivity index (χ2v) is 5.21. The molecule has 0 saturated carbocycles. The Bertz CT molecular complexity index is 639. The molecule has 0 N–H and O–H groups in total. The molecule has 2 rings (SSSR count). The summed E-state index contributed by atoms with van der Waals surface area (Å²) in [4.78, 5) is 15.0. The summed E-state index contributed by atoms with van der Waals surface area (Å²) in [6.07, 6.45) is 1.56. The smallest absolute Gasteiger partial charge is 0.258 e. The fourth-order valence-corrected chi connectivity index (χ4v) is 2.32. The zero-order valence-electron chi connectivity index (χ0n) is 11.3. The van der Waals surface area contributed by atoms with Crippen molar-refractivity contribution in [2.45, 2.75) is 33.2 Å². The van der Waals surface area contributed by atoms with Crippen molar-refractivity contribution in [3.63, 3.8) is 0 Å². The Hall–Kier alpha value is -1.76. The molecule has 0 fully saturated rings. The van der Waals surface area contributed by atoms with Crippen molar-refractivity contribution in [2.75, 3.05) is 0 Å². The van der Waals surface area contributed by atoms with E-state index in [0.29, 0.717) is 11.0 Å². The fourth-order valence-electron chi connectivity index (χ4n) is 1.93. The van der Waals surface area contributed by atoms with Crippen LogP contribution < -0.4 is 0 Å². The highest BCUT2D eigenvalue weighted by atomic mass is 79.9. The first-order valence-electron chi connectivity index (χ1n) is 6.40. The molecule has 0 unspecified atom stereocenters. The standard InChI is InChI=1S/C13H15BrN4O2/c1-3-12-15-13(4-2)17(16-12)8-9-5-6-10(14)11(7-9)18(19)20/h5-7H,3-4,8H2,1-2H3. The number of rotatable bonds is 5. The third-order valence-corrected chi connectivity index (χ3v) is 3.63. The fraction of sp³-hybridized carbons (Fsp3) is 0.385. The van der Waals surface area contributed by atoms with E-state index < -0.39 is 4.92 Å². The van der Waals surface area contributed by atoms with Gasteiger partial charge in [0.05, 0.1) is 15.9 Å². The molecule has 0 saturated heterocycles. The van der Waals surface area contributed by atoms with E-state index in [1.807, 2.05) is 24.6 Å². The number of nitrogens with zero attached hydrogens (tertiary/aromatic N) is 4. The van der Waals surface area contributed by atoms with Crippen molar-refractivity contribution in [1.29, 1.82) is 0 Å². The molecule has 6 nitrogen and oxygen atoms in total. The maximum Gasteiger partial charge on any atom is 0.283 e. The molecular formula is C13H15BrN4O2. The van der Waals surface area contributed by atoms with Crippen LogP contribution in [0.3, 0.4) is 0 Å². The van der Waals surface area contributed by atoms with Crippen LogP contribution in [0.2, 0.25) is 0 Å². The number of benzene rings is 1. The largest absolute Gasteiger partial charge is 0.283 e. The predicted molar refractivity (Wildman–Crippen MR) is 78.7 cm³/mol. The Balaban J connectivity index is 2.32. The molecule has 1 aromatic carbocycles. The van der Waals surface area contributed by atoms with Gasteiger partial charge in [-0.15, -0.1) is 0 Å². The second-order valence-electron chi connectivity index (χ2n) is 4.35. The van der Waals surface area contributed by atoms with Crippen molar-refractivity contribution in [2.24, 2.45) is 0 Å². The topological polar surface area (TPSA) is 73.8 Å². The van der Waals surface area contributed by atoms with Gasteiger partial charge in [-0.25, -0.2) is 9.67 Å². The highest BCUT2D eigenvalue weighted by Gasteiger charge is 2.14. The van der Waals surface area contributed by atoms with Gasteiger partial charge < -0.3 is 0 Å². The predicted octanol–water partition coefficient (Wildman–Crippen LogP) is 3.12. The second kappa shape index (κ2) is 6.13. The van der Waals surface area contributed by atoms with Crippen LogP contribution in [0.25, 0.3) is 0 Å². The molecule has 0 aliphatic carbocycles. The lowest BCUT2D eigenvalue weighted by Crippen LogP contribution is -2.07. The molecule has 0 amide bonds. The van der Waals surface area contributed by atoms with Crippen LogP contribution in [-0.2, 0) is 19.4 Å². The van der Waals surface area contributed by atoms with Crippen LogP contribution >= 0.6 is 15.9 Å². The van der Waals surface area contributed by atoms with Crippen molar-refractivity contribution in [3.8, 4) is 0 Å². The summed E-state index contributed by atoms with van der Waals surface area (Å²) in [6, 6.07) is 5.11. The summed E-state index contributed by atoms with van der Waals surface area (Å²) in [5.74, 6) is 1.70. The molecule has 7 heteroatoms. The van der Waals surface area contributed by atoms with Crippen molar-refractivity contribution >= 4 is 21.6 Å². The number of hydrogen-bond acceptors (Lipinski definition) is 4. The summed E-state index contributed by atoms with van der Waals surface area (Å²) < 4.78 is 2.29. The number of halogens is 1. The minimum absolute atomic E-state index is 0.0661. The third-order valence-electron chi connectivity index (χ3n) is 2.96. The molecule has 0 aliphatic rings. The molecule has 0 bridgehead atoms. The van der Waals surface area contributed by atoms with Crippen LogP contribution in [0.1, 0.15) is 31.1 Å². The molecule has 20 heavy (non-hydrogen) atoms. The minimum atomic E-state index is -0.396. The van der Waals surface area contributed by atoms with Gasteiger partial charge >= 0.3 is 0 Å². The van der Waals surface area contributed by atoms with Crippen LogP contribution in [0, 0.1) is 10.1 Å². The Morgan fingerprint density at radius 3 is 2.70 bits per heavy atom. The van der Waals surface area contributed by atoms with Crippen LogP contribution in [0.4, 0.5) is 5.69 Å². The number of aromatic nitrogens is 3. The van der Waals surface area contributed by atoms with Gasteiger partial charge in [-0.3, -0.25) is 10.1 Å². The lowest BCUT2D eigenvalue weighted by Gasteiger charge is -2.05. The zero-order valence-corrected chi connectivity index (χ0v) is 12.9. The van der Waals surface area contributed by atoms with E-state index >= 15 is 0 Å².